The van der Waals surface area contributed by atoms with E-state index in [2.05, 4.69) is 108 Å². The maximum atomic E-state index is 6.70. The van der Waals surface area contributed by atoms with Gasteiger partial charge in [-0.05, 0) is 83.9 Å². The molecule has 0 radical (unpaired) electrons. The first kappa shape index (κ1) is 33.2. The van der Waals surface area contributed by atoms with Gasteiger partial charge in [0.2, 0.25) is 0 Å². The third-order valence-corrected chi connectivity index (χ3v) is 10.4. The fourth-order valence-electron chi connectivity index (χ4n) is 7.84. The van der Waals surface area contributed by atoms with Crippen LogP contribution in [0.1, 0.15) is 0 Å². The molecule has 6 aromatic carbocycles. The van der Waals surface area contributed by atoms with Crippen LogP contribution in [0.2, 0.25) is 0 Å². The Morgan fingerprint density at radius 1 is 0.345 bits per heavy atom. The topological polar surface area (TPSA) is 92.8 Å². The zero-order valence-electron chi connectivity index (χ0n) is 30.8. The summed E-state index contributed by atoms with van der Waals surface area (Å²) in [7, 11) is 0. The van der Waals surface area contributed by atoms with E-state index in [0.29, 0.717) is 28.8 Å². The quantitative estimate of drug-likeness (QED) is 0.153. The molecule has 11 rings (SSSR count). The first-order chi connectivity index (χ1) is 28.7. The molecule has 0 fully saturated rings. The lowest BCUT2D eigenvalue weighted by molar-refractivity contribution is 0.461. The summed E-state index contributed by atoms with van der Waals surface area (Å²) < 4.78 is 17.7. The van der Waals surface area contributed by atoms with Crippen molar-refractivity contribution in [1.82, 2.24) is 34.1 Å². The SMILES string of the molecule is c1ccc(-c2ccnc(-n3c4ccccc4c4ccc(Oc5cc(Oc6ccc7c8ccccc8n(-c8ccccn8)c7c6)cc(-c6ncncn6)c5)cc43)c2)cc1. The Labute approximate surface area is 332 Å². The molecule has 0 amide bonds. The molecule has 0 aliphatic carbocycles. The third-order valence-electron chi connectivity index (χ3n) is 10.4. The molecule has 58 heavy (non-hydrogen) atoms. The van der Waals surface area contributed by atoms with Crippen LogP contribution in [0.5, 0.6) is 23.0 Å². The van der Waals surface area contributed by atoms with Crippen LogP contribution in [0.25, 0.3) is 77.8 Å². The number of ether oxygens (including phenoxy) is 2. The molecule has 0 unspecified atom stereocenters. The van der Waals surface area contributed by atoms with Crippen LogP contribution >= 0.6 is 0 Å². The summed E-state index contributed by atoms with van der Waals surface area (Å²) in [5.41, 5.74) is 7.01. The van der Waals surface area contributed by atoms with E-state index in [9.17, 15) is 0 Å². The van der Waals surface area contributed by atoms with Crippen molar-refractivity contribution in [2.75, 3.05) is 0 Å². The Kier molecular flexibility index (Phi) is 7.92. The van der Waals surface area contributed by atoms with Gasteiger partial charge in [0.1, 0.15) is 47.3 Å². The minimum Gasteiger partial charge on any atom is -0.457 e. The van der Waals surface area contributed by atoms with Crippen LogP contribution in [0.15, 0.2) is 189 Å². The lowest BCUT2D eigenvalue weighted by Gasteiger charge is -2.13. The molecule has 0 bridgehead atoms. The number of rotatable bonds is 8. The average Bonchev–Trinajstić information content (AvgIpc) is 3.79. The van der Waals surface area contributed by atoms with Crippen LogP contribution in [0, 0.1) is 0 Å². The summed E-state index contributed by atoms with van der Waals surface area (Å²) in [6, 6.07) is 55.2. The Morgan fingerprint density at radius 2 is 0.914 bits per heavy atom. The molecule has 274 valence electrons. The van der Waals surface area contributed by atoms with Crippen molar-refractivity contribution in [3.8, 4) is 57.1 Å². The largest absolute Gasteiger partial charge is 0.457 e. The Bertz CT molecular complexity index is 3290. The number of hydrogen-bond donors (Lipinski definition) is 0. The molecule has 0 N–H and O–H groups in total. The van der Waals surface area contributed by atoms with Gasteiger partial charge in [-0.25, -0.2) is 24.9 Å². The van der Waals surface area contributed by atoms with Crippen molar-refractivity contribution in [1.29, 1.82) is 0 Å². The predicted octanol–water partition coefficient (Wildman–Crippen LogP) is 11.8. The fourth-order valence-corrected chi connectivity index (χ4v) is 7.84. The monoisotopic (exact) mass is 749 g/mol. The van der Waals surface area contributed by atoms with E-state index in [1.54, 1.807) is 0 Å². The van der Waals surface area contributed by atoms with Gasteiger partial charge in [-0.1, -0.05) is 72.8 Å². The number of para-hydroxylation sites is 2. The van der Waals surface area contributed by atoms with Crippen LogP contribution in [-0.2, 0) is 0 Å². The van der Waals surface area contributed by atoms with Crippen molar-refractivity contribution in [3.63, 3.8) is 0 Å². The van der Waals surface area contributed by atoms with E-state index < -0.39 is 0 Å². The Hall–Kier alpha value is -8.17. The second kappa shape index (κ2) is 13.8. The number of pyridine rings is 2. The van der Waals surface area contributed by atoms with Gasteiger partial charge in [-0.15, -0.1) is 0 Å². The molecule has 11 aromatic rings. The molecule has 9 nitrogen and oxygen atoms in total. The van der Waals surface area contributed by atoms with Crippen molar-refractivity contribution < 1.29 is 9.47 Å². The summed E-state index contributed by atoms with van der Waals surface area (Å²) in [6.45, 7) is 0. The highest BCUT2D eigenvalue weighted by molar-refractivity contribution is 6.10. The number of nitrogens with zero attached hydrogens (tertiary/aromatic N) is 7. The molecule has 0 aliphatic rings. The minimum absolute atomic E-state index is 0.496. The molecule has 0 saturated carbocycles. The van der Waals surface area contributed by atoms with Crippen LogP contribution in [0.4, 0.5) is 0 Å². The second-order valence-corrected chi connectivity index (χ2v) is 13.9. The first-order valence-electron chi connectivity index (χ1n) is 18.9. The van der Waals surface area contributed by atoms with Gasteiger partial charge >= 0.3 is 0 Å². The number of hydrogen-bond acceptors (Lipinski definition) is 7. The Morgan fingerprint density at radius 3 is 1.55 bits per heavy atom. The zero-order valence-corrected chi connectivity index (χ0v) is 30.8. The number of fused-ring (bicyclic) bond motifs is 6. The first-order valence-corrected chi connectivity index (χ1v) is 18.9. The molecule has 5 aromatic heterocycles. The summed E-state index contributed by atoms with van der Waals surface area (Å²) in [5, 5.41) is 4.46. The molecule has 0 spiro atoms. The maximum Gasteiger partial charge on any atom is 0.162 e. The smallest absolute Gasteiger partial charge is 0.162 e. The van der Waals surface area contributed by atoms with Crippen LogP contribution < -0.4 is 9.47 Å². The van der Waals surface area contributed by atoms with E-state index >= 15 is 0 Å². The molecule has 0 saturated heterocycles. The van der Waals surface area contributed by atoms with Crippen molar-refractivity contribution in [2.24, 2.45) is 0 Å². The minimum atomic E-state index is 0.496. The highest BCUT2D eigenvalue weighted by Gasteiger charge is 2.17. The van der Waals surface area contributed by atoms with Gasteiger partial charge < -0.3 is 9.47 Å². The summed E-state index contributed by atoms with van der Waals surface area (Å²) in [5.74, 6) is 4.56. The third kappa shape index (κ3) is 5.86. The van der Waals surface area contributed by atoms with E-state index in [4.69, 9.17) is 14.5 Å². The maximum absolute atomic E-state index is 6.70. The van der Waals surface area contributed by atoms with E-state index in [0.717, 1.165) is 71.9 Å². The number of aromatic nitrogens is 7. The van der Waals surface area contributed by atoms with Gasteiger partial charge in [0.05, 0.1) is 22.1 Å². The molecule has 5 heterocycles. The van der Waals surface area contributed by atoms with Crippen LogP contribution in [0.3, 0.4) is 0 Å². The highest BCUT2D eigenvalue weighted by atomic mass is 16.5. The lowest BCUT2D eigenvalue weighted by Crippen LogP contribution is -1.98. The normalized spacial score (nSPS) is 11.4. The predicted molar refractivity (Wildman–Crippen MR) is 228 cm³/mol. The highest BCUT2D eigenvalue weighted by Crippen LogP contribution is 2.39. The van der Waals surface area contributed by atoms with E-state index in [1.807, 2.05) is 97.3 Å². The van der Waals surface area contributed by atoms with Gasteiger partial charge in [-0.2, -0.15) is 0 Å². The zero-order chi connectivity index (χ0) is 38.4. The van der Waals surface area contributed by atoms with Crippen molar-refractivity contribution >= 4 is 43.6 Å². The van der Waals surface area contributed by atoms with Gasteiger partial charge in [0.25, 0.3) is 0 Å². The van der Waals surface area contributed by atoms with Crippen LogP contribution in [-0.4, -0.2) is 34.1 Å². The summed E-state index contributed by atoms with van der Waals surface area (Å²) >= 11 is 0. The average molecular weight is 750 g/mol. The van der Waals surface area contributed by atoms with E-state index in [1.165, 1.54) is 12.7 Å². The van der Waals surface area contributed by atoms with Crippen molar-refractivity contribution in [2.45, 2.75) is 0 Å². The summed E-state index contributed by atoms with van der Waals surface area (Å²) in [4.78, 5) is 22.5. The lowest BCUT2D eigenvalue weighted by atomic mass is 10.1. The molecule has 9 heteroatoms. The molecular formula is C49H31N7O2. The number of benzene rings is 6. The standard InChI is InChI=1S/C49H31N7O2/c1-2-10-32(11-3-1)33-21-23-52-48(26-33)56-44-15-7-5-13-40(44)42-20-18-36(29-46(42)56)58-38-25-34(49-53-30-50-31-54-49)24-37(27-38)57-35-17-19-41-39-12-4-6-14-43(39)55(45(41)28-35)47-16-8-9-22-51-47/h1-31H. The van der Waals surface area contributed by atoms with Crippen molar-refractivity contribution in [3.05, 3.63) is 189 Å². The van der Waals surface area contributed by atoms with E-state index in [-0.39, 0.29) is 0 Å². The molecule has 0 atom stereocenters. The molecular weight excluding hydrogens is 719 g/mol. The molecule has 0 aliphatic heterocycles. The van der Waals surface area contributed by atoms with Gasteiger partial charge in [0.15, 0.2) is 5.82 Å². The van der Waals surface area contributed by atoms with Gasteiger partial charge in [0, 0.05) is 57.7 Å². The Balaban J connectivity index is 1.00. The fraction of sp³-hybridized carbons (Fsp3) is 0. The second-order valence-electron chi connectivity index (χ2n) is 13.9. The van der Waals surface area contributed by atoms with Gasteiger partial charge in [-0.3, -0.25) is 9.13 Å². The summed E-state index contributed by atoms with van der Waals surface area (Å²) in [6.07, 6.45) is 6.63.